The Balaban J connectivity index is 1.91. The Hall–Kier alpha value is -1.92. The zero-order valence-corrected chi connectivity index (χ0v) is 15.5. The molecule has 0 aromatic rings. The van der Waals surface area contributed by atoms with E-state index >= 15 is 0 Å². The number of allylic oxidation sites excluding steroid dienone is 2. The molecule has 2 fully saturated rings. The van der Waals surface area contributed by atoms with Gasteiger partial charge in [0.1, 0.15) is 18.3 Å². The van der Waals surface area contributed by atoms with Crippen LogP contribution in [-0.2, 0) is 23.8 Å². The summed E-state index contributed by atoms with van der Waals surface area (Å²) < 4.78 is 16.3. The maximum atomic E-state index is 12.4. The Labute approximate surface area is 153 Å². The highest BCUT2D eigenvalue weighted by Crippen LogP contribution is 2.37. The van der Waals surface area contributed by atoms with Gasteiger partial charge in [0, 0.05) is 5.57 Å². The summed E-state index contributed by atoms with van der Waals surface area (Å²) in [6.07, 6.45) is 2.91. The predicted octanol–water partition coefficient (Wildman–Crippen LogP) is 2.22. The van der Waals surface area contributed by atoms with Gasteiger partial charge in [-0.25, -0.2) is 4.79 Å². The molecule has 0 spiro atoms. The highest BCUT2D eigenvalue weighted by Gasteiger charge is 2.49. The Morgan fingerprint density at radius 3 is 2.81 bits per heavy atom. The van der Waals surface area contributed by atoms with Gasteiger partial charge >= 0.3 is 11.9 Å². The van der Waals surface area contributed by atoms with E-state index in [0.29, 0.717) is 12.2 Å². The largest absolute Gasteiger partial charge is 0.458 e. The van der Waals surface area contributed by atoms with Gasteiger partial charge in [-0.2, -0.15) is 0 Å². The molecule has 3 rings (SSSR count). The molecule has 2 saturated heterocycles. The van der Waals surface area contributed by atoms with Crippen LogP contribution in [0.4, 0.5) is 0 Å². The lowest BCUT2D eigenvalue weighted by Crippen LogP contribution is -2.42. The minimum atomic E-state index is -1.03. The van der Waals surface area contributed by atoms with E-state index in [1.165, 1.54) is 0 Å². The number of carbonyl (C=O) groups is 2. The highest BCUT2D eigenvalue weighted by molar-refractivity contribution is 5.91. The molecule has 0 aromatic carbocycles. The molecule has 2 heterocycles. The summed E-state index contributed by atoms with van der Waals surface area (Å²) in [5, 5.41) is 10.8. The van der Waals surface area contributed by atoms with Gasteiger partial charge in [-0.3, -0.25) is 4.79 Å². The normalized spacial score (nSPS) is 41.2. The smallest absolute Gasteiger partial charge is 0.334 e. The zero-order valence-electron chi connectivity index (χ0n) is 15.5. The molecular weight excluding hydrogens is 336 g/mol. The number of epoxide rings is 1. The maximum absolute atomic E-state index is 12.4. The second-order valence-corrected chi connectivity index (χ2v) is 7.74. The third kappa shape index (κ3) is 3.91. The molecule has 1 N–H and O–H groups in total. The molecule has 3 aliphatic rings. The van der Waals surface area contributed by atoms with Crippen LogP contribution in [0, 0.1) is 5.92 Å². The van der Waals surface area contributed by atoms with Crippen LogP contribution < -0.4 is 0 Å². The minimum absolute atomic E-state index is 0.104. The quantitative estimate of drug-likeness (QED) is 0.359. The van der Waals surface area contributed by atoms with Crippen molar-refractivity contribution in [2.75, 3.05) is 6.61 Å². The van der Waals surface area contributed by atoms with Crippen molar-refractivity contribution < 1.29 is 28.9 Å². The zero-order chi connectivity index (χ0) is 19.1. The van der Waals surface area contributed by atoms with Gasteiger partial charge in [0.05, 0.1) is 24.5 Å². The molecule has 2 aliphatic heterocycles. The van der Waals surface area contributed by atoms with Crippen molar-refractivity contribution >= 4 is 11.9 Å². The molecule has 142 valence electrons. The summed E-state index contributed by atoms with van der Waals surface area (Å²) in [5.74, 6) is -1.60. The van der Waals surface area contributed by atoms with E-state index in [4.69, 9.17) is 14.2 Å². The lowest BCUT2D eigenvalue weighted by atomic mass is 9.84. The third-order valence-electron chi connectivity index (χ3n) is 5.27. The molecule has 1 aliphatic carbocycles. The summed E-state index contributed by atoms with van der Waals surface area (Å²) in [4.78, 5) is 24.5. The van der Waals surface area contributed by atoms with Crippen LogP contribution in [-0.4, -0.2) is 47.6 Å². The Morgan fingerprint density at radius 2 is 2.15 bits per heavy atom. The fraction of sp³-hybridized carbons (Fsp3) is 0.600. The molecular formula is C20H26O6. The van der Waals surface area contributed by atoms with Gasteiger partial charge in [-0.05, 0) is 45.3 Å². The van der Waals surface area contributed by atoms with E-state index in [0.717, 1.165) is 18.4 Å². The Bertz CT molecular complexity index is 684. The van der Waals surface area contributed by atoms with Crippen molar-refractivity contribution in [2.45, 2.75) is 63.9 Å². The van der Waals surface area contributed by atoms with Gasteiger partial charge in [0.2, 0.25) is 0 Å². The van der Waals surface area contributed by atoms with E-state index in [2.05, 4.69) is 6.58 Å². The van der Waals surface area contributed by atoms with E-state index < -0.39 is 41.8 Å². The topological polar surface area (TPSA) is 85.4 Å². The number of aliphatic hydroxyl groups excluding tert-OH is 1. The number of hydrogen-bond acceptors (Lipinski definition) is 6. The molecule has 6 heteroatoms. The number of rotatable bonds is 3. The number of hydrogen-bond donors (Lipinski definition) is 1. The Morgan fingerprint density at radius 1 is 1.46 bits per heavy atom. The molecule has 0 amide bonds. The molecule has 5 atom stereocenters. The van der Waals surface area contributed by atoms with Crippen molar-refractivity contribution in [3.05, 3.63) is 35.5 Å². The standard InChI is InChI=1S/C20H26O6/c1-11-6-5-7-12(2)17(22)18(26-15(21)9-20(4)10-24-20)16-13(3)19(23)25-14(16)8-11/h7-8,14,16-18,22H,3,5-6,9-10H2,1-2,4H3/b11-8+,12-7+/t14-,16+,17-,18+,20-/m1/s1. The fourth-order valence-corrected chi connectivity index (χ4v) is 3.46. The monoisotopic (exact) mass is 362 g/mol. The molecule has 0 unspecified atom stereocenters. The van der Waals surface area contributed by atoms with Crippen molar-refractivity contribution in [1.82, 2.24) is 0 Å². The molecule has 26 heavy (non-hydrogen) atoms. The molecule has 0 radical (unpaired) electrons. The first-order valence-corrected chi connectivity index (χ1v) is 8.95. The number of aliphatic hydroxyl groups is 1. The summed E-state index contributed by atoms with van der Waals surface area (Å²) in [5.41, 5.74) is 1.51. The van der Waals surface area contributed by atoms with Crippen LogP contribution in [0.25, 0.3) is 0 Å². The van der Waals surface area contributed by atoms with Crippen LogP contribution in [0.15, 0.2) is 35.5 Å². The molecule has 6 nitrogen and oxygen atoms in total. The lowest BCUT2D eigenvalue weighted by molar-refractivity contribution is -0.159. The van der Waals surface area contributed by atoms with Crippen LogP contribution >= 0.6 is 0 Å². The molecule has 0 bridgehead atoms. The van der Waals surface area contributed by atoms with E-state index in [1.807, 2.05) is 26.0 Å². The summed E-state index contributed by atoms with van der Waals surface area (Å²) in [7, 11) is 0. The highest BCUT2D eigenvalue weighted by atomic mass is 16.6. The summed E-state index contributed by atoms with van der Waals surface area (Å²) in [6, 6.07) is 0. The first kappa shape index (κ1) is 18.9. The van der Waals surface area contributed by atoms with Gasteiger partial charge < -0.3 is 19.3 Å². The van der Waals surface area contributed by atoms with Gasteiger partial charge in [-0.1, -0.05) is 18.2 Å². The van der Waals surface area contributed by atoms with Crippen molar-refractivity contribution in [3.8, 4) is 0 Å². The number of ether oxygens (including phenoxy) is 3. The number of fused-ring (bicyclic) bond motifs is 1. The number of carbonyl (C=O) groups excluding carboxylic acids is 2. The van der Waals surface area contributed by atoms with E-state index in [-0.39, 0.29) is 12.0 Å². The van der Waals surface area contributed by atoms with Crippen LogP contribution in [0.3, 0.4) is 0 Å². The van der Waals surface area contributed by atoms with Gasteiger partial charge in [-0.15, -0.1) is 0 Å². The lowest BCUT2D eigenvalue weighted by Gasteiger charge is -2.31. The summed E-state index contributed by atoms with van der Waals surface area (Å²) in [6.45, 7) is 9.94. The van der Waals surface area contributed by atoms with E-state index in [9.17, 15) is 14.7 Å². The van der Waals surface area contributed by atoms with Gasteiger partial charge in [0.25, 0.3) is 0 Å². The van der Waals surface area contributed by atoms with Crippen LogP contribution in [0.1, 0.15) is 40.0 Å². The first-order chi connectivity index (χ1) is 12.2. The SMILES string of the molecule is C=C1C(=O)O[C@@H]2/C=C(\C)CC/C=C(\C)[C@@H](O)[C@@H](OC(=O)C[C@]3(C)CO3)[C@@H]12. The fourth-order valence-electron chi connectivity index (χ4n) is 3.46. The third-order valence-corrected chi connectivity index (χ3v) is 5.27. The maximum Gasteiger partial charge on any atom is 0.334 e. The average molecular weight is 362 g/mol. The predicted molar refractivity (Wildman–Crippen MR) is 94.1 cm³/mol. The van der Waals surface area contributed by atoms with Crippen LogP contribution in [0.5, 0.6) is 0 Å². The summed E-state index contributed by atoms with van der Waals surface area (Å²) >= 11 is 0. The second kappa shape index (κ2) is 7.00. The number of esters is 2. The van der Waals surface area contributed by atoms with Gasteiger partial charge in [0.15, 0.2) is 0 Å². The minimum Gasteiger partial charge on any atom is -0.458 e. The van der Waals surface area contributed by atoms with Crippen LogP contribution in [0.2, 0.25) is 0 Å². The van der Waals surface area contributed by atoms with Crippen molar-refractivity contribution in [2.24, 2.45) is 5.92 Å². The first-order valence-electron chi connectivity index (χ1n) is 8.95. The van der Waals surface area contributed by atoms with E-state index in [1.54, 1.807) is 6.92 Å². The average Bonchev–Trinajstić information content (AvgIpc) is 3.21. The molecule has 0 saturated carbocycles. The Kier molecular flexibility index (Phi) is 5.08. The van der Waals surface area contributed by atoms with Crippen molar-refractivity contribution in [1.29, 1.82) is 0 Å². The second-order valence-electron chi connectivity index (χ2n) is 7.74. The molecule has 0 aromatic heterocycles. The van der Waals surface area contributed by atoms with Crippen molar-refractivity contribution in [3.63, 3.8) is 0 Å².